The Morgan fingerprint density at radius 3 is 2.36 bits per heavy atom. The van der Waals surface area contributed by atoms with Gasteiger partial charge in [0.2, 0.25) is 5.91 Å². The summed E-state index contributed by atoms with van der Waals surface area (Å²) in [5.74, 6) is -1.14. The van der Waals surface area contributed by atoms with Gasteiger partial charge in [0.05, 0.1) is 37.0 Å². The summed E-state index contributed by atoms with van der Waals surface area (Å²) < 4.78 is 18.7. The number of nitrogens with one attached hydrogen (secondary N) is 2. The summed E-state index contributed by atoms with van der Waals surface area (Å²) in [4.78, 5) is 43.9. The number of carbonyl (C=O) groups excluding carboxylic acids is 3. The molecule has 0 aromatic heterocycles. The van der Waals surface area contributed by atoms with Gasteiger partial charge in [-0.05, 0) is 60.6 Å². The lowest BCUT2D eigenvalue weighted by atomic mass is 9.98. The number of piperazine rings is 1. The first-order valence-electron chi connectivity index (χ1n) is 13.8. The SMILES string of the molecule is COC(=O)Cc1ccc(/C(Nc2ccc(N(C)C(=O)CN3CCN(C)CC3)cc2)=C2/C(=O)Nc3cc(F)ccc32)cc1. The molecule has 2 heterocycles. The normalized spacial score (nSPS) is 16.4. The molecule has 5 rings (SSSR count). The second kappa shape index (κ2) is 12.5. The van der Waals surface area contributed by atoms with E-state index in [9.17, 15) is 18.8 Å². The molecule has 0 spiro atoms. The van der Waals surface area contributed by atoms with Crippen LogP contribution in [0.3, 0.4) is 0 Å². The Balaban J connectivity index is 1.40. The molecule has 3 aromatic rings. The topological polar surface area (TPSA) is 94.2 Å². The third kappa shape index (κ3) is 6.50. The van der Waals surface area contributed by atoms with Gasteiger partial charge in [0, 0.05) is 50.2 Å². The average molecular weight is 572 g/mol. The standard InChI is InChI=1S/C32H34FN5O4/c1-36-14-16-38(17-15-36)20-28(39)37(2)25-11-9-24(10-12-25)34-31(22-6-4-21(5-7-22)18-29(40)42-3)30-26-13-8-23(33)19-27(26)35-32(30)41/h4-13,19,34H,14-18,20H2,1-3H3,(H,35,41)/b31-30-. The van der Waals surface area contributed by atoms with Gasteiger partial charge in [-0.1, -0.05) is 24.3 Å². The van der Waals surface area contributed by atoms with Crippen molar-refractivity contribution in [2.24, 2.45) is 0 Å². The molecule has 2 N–H and O–H groups in total. The maximum Gasteiger partial charge on any atom is 0.309 e. The Hall–Kier alpha value is -4.54. The summed E-state index contributed by atoms with van der Waals surface area (Å²) in [5, 5.41) is 6.13. The van der Waals surface area contributed by atoms with Crippen molar-refractivity contribution in [1.82, 2.24) is 9.80 Å². The average Bonchev–Trinajstić information content (AvgIpc) is 3.31. The molecular formula is C32H34FN5O4. The lowest BCUT2D eigenvalue weighted by Crippen LogP contribution is -2.48. The lowest BCUT2D eigenvalue weighted by molar-refractivity contribution is -0.139. The first-order chi connectivity index (χ1) is 20.2. The maximum absolute atomic E-state index is 13.9. The third-order valence-corrected chi connectivity index (χ3v) is 7.65. The minimum Gasteiger partial charge on any atom is -0.469 e. The first kappa shape index (κ1) is 29.0. The minimum atomic E-state index is -0.446. The fraction of sp³-hybridized carbons (Fsp3) is 0.281. The highest BCUT2D eigenvalue weighted by Crippen LogP contribution is 2.38. The van der Waals surface area contributed by atoms with Gasteiger partial charge in [-0.25, -0.2) is 4.39 Å². The van der Waals surface area contributed by atoms with Crippen LogP contribution in [0, 0.1) is 5.82 Å². The summed E-state index contributed by atoms with van der Waals surface area (Å²) >= 11 is 0. The zero-order chi connectivity index (χ0) is 29.8. The van der Waals surface area contributed by atoms with E-state index in [0.717, 1.165) is 37.4 Å². The quantitative estimate of drug-likeness (QED) is 0.315. The Morgan fingerprint density at radius 1 is 1.00 bits per heavy atom. The van der Waals surface area contributed by atoms with E-state index in [-0.39, 0.29) is 24.2 Å². The van der Waals surface area contributed by atoms with E-state index >= 15 is 0 Å². The van der Waals surface area contributed by atoms with Crippen molar-refractivity contribution in [2.45, 2.75) is 6.42 Å². The van der Waals surface area contributed by atoms with Crippen LogP contribution in [0.4, 0.5) is 21.5 Å². The van der Waals surface area contributed by atoms with Gasteiger partial charge in [-0.3, -0.25) is 19.3 Å². The number of ether oxygens (including phenoxy) is 1. The van der Waals surface area contributed by atoms with Crippen LogP contribution in [0.2, 0.25) is 0 Å². The summed E-state index contributed by atoms with van der Waals surface area (Å²) in [6, 6.07) is 18.8. The number of hydrogen-bond acceptors (Lipinski definition) is 7. The molecule has 3 aromatic carbocycles. The second-order valence-corrected chi connectivity index (χ2v) is 10.5. The maximum atomic E-state index is 13.9. The number of likely N-dealkylation sites (N-methyl/N-ethyl adjacent to an activating group) is 2. The molecule has 0 saturated carbocycles. The molecule has 218 valence electrons. The smallest absolute Gasteiger partial charge is 0.309 e. The van der Waals surface area contributed by atoms with Crippen molar-refractivity contribution in [2.75, 3.05) is 69.5 Å². The molecule has 1 fully saturated rings. The van der Waals surface area contributed by atoms with Gasteiger partial charge >= 0.3 is 5.97 Å². The van der Waals surface area contributed by atoms with E-state index in [2.05, 4.69) is 27.5 Å². The van der Waals surface area contributed by atoms with Crippen molar-refractivity contribution in [1.29, 1.82) is 0 Å². The van der Waals surface area contributed by atoms with E-state index in [1.165, 1.54) is 19.2 Å². The summed E-state index contributed by atoms with van der Waals surface area (Å²) in [6.07, 6.45) is 0.126. The molecule has 2 amide bonds. The van der Waals surface area contributed by atoms with Gasteiger partial charge in [0.25, 0.3) is 5.91 Å². The molecule has 0 radical (unpaired) electrons. The highest BCUT2D eigenvalue weighted by molar-refractivity contribution is 6.37. The van der Waals surface area contributed by atoms with Crippen molar-refractivity contribution >= 4 is 46.1 Å². The van der Waals surface area contributed by atoms with E-state index in [4.69, 9.17) is 4.74 Å². The molecule has 0 atom stereocenters. The number of benzene rings is 3. The van der Waals surface area contributed by atoms with Crippen LogP contribution in [-0.4, -0.2) is 81.5 Å². The number of nitrogens with zero attached hydrogens (tertiary/aromatic N) is 3. The fourth-order valence-corrected chi connectivity index (χ4v) is 5.06. The van der Waals surface area contributed by atoms with Crippen LogP contribution in [-0.2, 0) is 25.5 Å². The number of methoxy groups -OCH3 is 1. The molecular weight excluding hydrogens is 537 g/mol. The Morgan fingerprint density at radius 2 is 1.69 bits per heavy atom. The number of esters is 1. The number of anilines is 3. The largest absolute Gasteiger partial charge is 0.469 e. The van der Waals surface area contributed by atoms with Crippen LogP contribution in [0.25, 0.3) is 11.3 Å². The highest BCUT2D eigenvalue weighted by atomic mass is 19.1. The van der Waals surface area contributed by atoms with E-state index in [1.54, 1.807) is 30.1 Å². The predicted molar refractivity (Wildman–Crippen MR) is 161 cm³/mol. The Labute approximate surface area is 244 Å². The zero-order valence-electron chi connectivity index (χ0n) is 23.9. The second-order valence-electron chi connectivity index (χ2n) is 10.5. The van der Waals surface area contributed by atoms with E-state index < -0.39 is 5.82 Å². The van der Waals surface area contributed by atoms with Crippen LogP contribution in [0.5, 0.6) is 0 Å². The van der Waals surface area contributed by atoms with Crippen LogP contribution < -0.4 is 15.5 Å². The number of rotatable bonds is 8. The summed E-state index contributed by atoms with van der Waals surface area (Å²) in [6.45, 7) is 3.98. The fourth-order valence-electron chi connectivity index (χ4n) is 5.06. The Kier molecular flexibility index (Phi) is 8.65. The van der Waals surface area contributed by atoms with E-state index in [0.29, 0.717) is 40.3 Å². The first-order valence-corrected chi connectivity index (χ1v) is 13.8. The van der Waals surface area contributed by atoms with Crippen molar-refractivity contribution < 1.29 is 23.5 Å². The predicted octanol–water partition coefficient (Wildman–Crippen LogP) is 3.68. The molecule has 1 saturated heterocycles. The zero-order valence-corrected chi connectivity index (χ0v) is 23.9. The molecule has 0 aliphatic carbocycles. The molecule has 10 heteroatoms. The molecule has 2 aliphatic heterocycles. The molecule has 0 unspecified atom stereocenters. The number of hydrogen-bond donors (Lipinski definition) is 2. The molecule has 2 aliphatic rings. The molecule has 9 nitrogen and oxygen atoms in total. The highest BCUT2D eigenvalue weighted by Gasteiger charge is 2.29. The summed E-state index contributed by atoms with van der Waals surface area (Å²) in [5.41, 5.74) is 4.78. The van der Waals surface area contributed by atoms with Gasteiger partial charge in [0.1, 0.15) is 5.82 Å². The van der Waals surface area contributed by atoms with Crippen molar-refractivity contribution in [3.05, 3.63) is 89.2 Å². The number of fused-ring (bicyclic) bond motifs is 1. The van der Waals surface area contributed by atoms with Crippen molar-refractivity contribution in [3.8, 4) is 0 Å². The van der Waals surface area contributed by atoms with Crippen LogP contribution >= 0.6 is 0 Å². The van der Waals surface area contributed by atoms with E-state index in [1.807, 2.05) is 36.4 Å². The Bertz CT molecular complexity index is 1510. The van der Waals surface area contributed by atoms with Crippen LogP contribution in [0.15, 0.2) is 66.7 Å². The number of amides is 2. The van der Waals surface area contributed by atoms with Gasteiger partial charge < -0.3 is 25.2 Å². The lowest BCUT2D eigenvalue weighted by Gasteiger charge is -2.32. The van der Waals surface area contributed by atoms with Gasteiger partial charge in [0.15, 0.2) is 0 Å². The third-order valence-electron chi connectivity index (χ3n) is 7.65. The molecule has 0 bridgehead atoms. The van der Waals surface area contributed by atoms with Crippen LogP contribution in [0.1, 0.15) is 16.7 Å². The number of halogens is 1. The molecule has 42 heavy (non-hydrogen) atoms. The monoisotopic (exact) mass is 571 g/mol. The van der Waals surface area contributed by atoms with Crippen molar-refractivity contribution in [3.63, 3.8) is 0 Å². The van der Waals surface area contributed by atoms with Gasteiger partial charge in [-0.15, -0.1) is 0 Å². The summed E-state index contributed by atoms with van der Waals surface area (Å²) in [7, 11) is 5.19. The number of carbonyl (C=O) groups is 3. The minimum absolute atomic E-state index is 0.0154. The van der Waals surface area contributed by atoms with Gasteiger partial charge in [-0.2, -0.15) is 0 Å².